The highest BCUT2D eigenvalue weighted by atomic mass is 15.3. The molecule has 0 saturated carbocycles. The molecular formula is C12H21N5. The van der Waals surface area contributed by atoms with Gasteiger partial charge < -0.3 is 10.2 Å². The maximum atomic E-state index is 4.30. The van der Waals surface area contributed by atoms with Crippen LogP contribution in [0.2, 0.25) is 0 Å². The first-order valence-corrected chi connectivity index (χ1v) is 6.18. The molecule has 1 unspecified atom stereocenters. The van der Waals surface area contributed by atoms with Crippen LogP contribution in [-0.2, 0) is 7.05 Å². The van der Waals surface area contributed by atoms with Crippen LogP contribution in [0.4, 0.5) is 0 Å². The van der Waals surface area contributed by atoms with E-state index in [1.807, 2.05) is 25.0 Å². The Morgan fingerprint density at radius 3 is 3.06 bits per heavy atom. The van der Waals surface area contributed by atoms with E-state index >= 15 is 0 Å². The van der Waals surface area contributed by atoms with Gasteiger partial charge in [-0.25, -0.2) is 0 Å². The minimum atomic E-state index is 0.583. The number of hydrogen-bond acceptors (Lipinski definition) is 2. The number of guanidine groups is 1. The normalized spacial score (nSPS) is 21.0. The molecule has 1 aromatic rings. The fourth-order valence-electron chi connectivity index (χ4n) is 2.37. The number of aromatic nitrogens is 2. The van der Waals surface area contributed by atoms with Crippen molar-refractivity contribution in [2.45, 2.75) is 19.3 Å². The smallest absolute Gasteiger partial charge is 0.193 e. The number of nitrogens with zero attached hydrogens (tertiary/aromatic N) is 4. The first-order chi connectivity index (χ1) is 8.24. The topological polar surface area (TPSA) is 45.5 Å². The molecule has 94 valence electrons. The molecule has 1 atom stereocenters. The Labute approximate surface area is 103 Å². The third-order valence-electron chi connectivity index (χ3n) is 3.23. The standard InChI is InChI=1S/C12H21N5/c1-4-14-12(13-2)17-6-5-10(9-17)11-7-15-16(3)8-11/h7-8,10H,4-6,9H2,1-3H3,(H,13,14). The maximum absolute atomic E-state index is 4.30. The predicted octanol–water partition coefficient (Wildman–Crippen LogP) is 0.805. The lowest BCUT2D eigenvalue weighted by Gasteiger charge is -2.20. The largest absolute Gasteiger partial charge is 0.357 e. The molecule has 0 spiro atoms. The Hall–Kier alpha value is -1.52. The fourth-order valence-corrected chi connectivity index (χ4v) is 2.37. The lowest BCUT2D eigenvalue weighted by Crippen LogP contribution is -2.39. The molecular weight excluding hydrogens is 214 g/mol. The van der Waals surface area contributed by atoms with Gasteiger partial charge in [0, 0.05) is 45.8 Å². The van der Waals surface area contributed by atoms with Crippen molar-refractivity contribution < 1.29 is 0 Å². The molecule has 0 radical (unpaired) electrons. The monoisotopic (exact) mass is 235 g/mol. The summed E-state index contributed by atoms with van der Waals surface area (Å²) < 4.78 is 1.87. The quantitative estimate of drug-likeness (QED) is 0.609. The zero-order valence-electron chi connectivity index (χ0n) is 10.8. The number of hydrogen-bond donors (Lipinski definition) is 1. The Kier molecular flexibility index (Phi) is 3.66. The summed E-state index contributed by atoms with van der Waals surface area (Å²) in [5.41, 5.74) is 1.34. The van der Waals surface area contributed by atoms with Crippen molar-refractivity contribution in [2.75, 3.05) is 26.7 Å². The van der Waals surface area contributed by atoms with Gasteiger partial charge in [-0.15, -0.1) is 0 Å². The van der Waals surface area contributed by atoms with Gasteiger partial charge in [0.2, 0.25) is 0 Å². The van der Waals surface area contributed by atoms with Gasteiger partial charge in [0.05, 0.1) is 6.20 Å². The minimum absolute atomic E-state index is 0.583. The first kappa shape index (κ1) is 12.0. The van der Waals surface area contributed by atoms with Crippen molar-refractivity contribution in [3.8, 4) is 0 Å². The fraction of sp³-hybridized carbons (Fsp3) is 0.667. The average Bonchev–Trinajstić information content (AvgIpc) is 2.94. The summed E-state index contributed by atoms with van der Waals surface area (Å²) in [5.74, 6) is 1.60. The predicted molar refractivity (Wildman–Crippen MR) is 69.2 cm³/mol. The second-order valence-electron chi connectivity index (χ2n) is 4.46. The Balaban J connectivity index is 2.00. The summed E-state index contributed by atoms with van der Waals surface area (Å²) >= 11 is 0. The maximum Gasteiger partial charge on any atom is 0.193 e. The van der Waals surface area contributed by atoms with Crippen molar-refractivity contribution >= 4 is 5.96 Å². The molecule has 0 bridgehead atoms. The van der Waals surface area contributed by atoms with Gasteiger partial charge in [-0.1, -0.05) is 0 Å². The molecule has 5 heteroatoms. The summed E-state index contributed by atoms with van der Waals surface area (Å²) in [6, 6.07) is 0. The Morgan fingerprint density at radius 1 is 1.65 bits per heavy atom. The summed E-state index contributed by atoms with van der Waals surface area (Å²) in [6.07, 6.45) is 5.27. The molecule has 1 aliphatic rings. The molecule has 17 heavy (non-hydrogen) atoms. The lowest BCUT2D eigenvalue weighted by atomic mass is 10.0. The van der Waals surface area contributed by atoms with Crippen molar-refractivity contribution in [2.24, 2.45) is 12.0 Å². The zero-order chi connectivity index (χ0) is 12.3. The van der Waals surface area contributed by atoms with E-state index in [4.69, 9.17) is 0 Å². The number of likely N-dealkylation sites (tertiary alicyclic amines) is 1. The van der Waals surface area contributed by atoms with Crippen molar-refractivity contribution in [1.82, 2.24) is 20.0 Å². The highest BCUT2D eigenvalue weighted by molar-refractivity contribution is 5.80. The van der Waals surface area contributed by atoms with Crippen LogP contribution in [0.1, 0.15) is 24.8 Å². The van der Waals surface area contributed by atoms with Gasteiger partial charge in [0.25, 0.3) is 0 Å². The van der Waals surface area contributed by atoms with E-state index in [0.29, 0.717) is 5.92 Å². The molecule has 1 aromatic heterocycles. The molecule has 1 saturated heterocycles. The molecule has 2 heterocycles. The van der Waals surface area contributed by atoms with E-state index in [2.05, 4.69) is 33.4 Å². The number of aliphatic imine (C=N–C) groups is 1. The molecule has 0 amide bonds. The van der Waals surface area contributed by atoms with Crippen LogP contribution >= 0.6 is 0 Å². The molecule has 2 rings (SSSR count). The van der Waals surface area contributed by atoms with Crippen LogP contribution in [0, 0.1) is 0 Å². The van der Waals surface area contributed by atoms with Gasteiger partial charge in [-0.05, 0) is 18.9 Å². The van der Waals surface area contributed by atoms with E-state index in [9.17, 15) is 0 Å². The summed E-state index contributed by atoms with van der Waals surface area (Å²) in [6.45, 7) is 5.12. The van der Waals surface area contributed by atoms with E-state index in [-0.39, 0.29) is 0 Å². The van der Waals surface area contributed by atoms with Gasteiger partial charge in [0.1, 0.15) is 0 Å². The van der Waals surface area contributed by atoms with Crippen LogP contribution < -0.4 is 5.32 Å². The SMILES string of the molecule is CCNC(=NC)N1CCC(c2cnn(C)c2)C1. The second kappa shape index (κ2) is 5.21. The molecule has 1 N–H and O–H groups in total. The number of aryl methyl sites for hydroxylation is 1. The van der Waals surface area contributed by atoms with Crippen molar-refractivity contribution in [3.63, 3.8) is 0 Å². The van der Waals surface area contributed by atoms with Crippen LogP contribution in [0.3, 0.4) is 0 Å². The molecule has 1 aliphatic heterocycles. The average molecular weight is 235 g/mol. The van der Waals surface area contributed by atoms with Gasteiger partial charge in [-0.3, -0.25) is 9.67 Å². The summed E-state index contributed by atoms with van der Waals surface area (Å²) in [4.78, 5) is 6.62. The van der Waals surface area contributed by atoms with Crippen molar-refractivity contribution in [3.05, 3.63) is 18.0 Å². The third-order valence-corrected chi connectivity index (χ3v) is 3.23. The molecule has 0 aliphatic carbocycles. The van der Waals surface area contributed by atoms with Crippen LogP contribution in [0.5, 0.6) is 0 Å². The van der Waals surface area contributed by atoms with Gasteiger partial charge in [0.15, 0.2) is 5.96 Å². The van der Waals surface area contributed by atoms with Gasteiger partial charge >= 0.3 is 0 Å². The van der Waals surface area contributed by atoms with E-state index in [1.54, 1.807) is 0 Å². The minimum Gasteiger partial charge on any atom is -0.357 e. The molecule has 1 fully saturated rings. The van der Waals surface area contributed by atoms with Crippen LogP contribution in [0.25, 0.3) is 0 Å². The van der Waals surface area contributed by atoms with Crippen LogP contribution in [0.15, 0.2) is 17.4 Å². The van der Waals surface area contributed by atoms with E-state index in [0.717, 1.165) is 25.6 Å². The third kappa shape index (κ3) is 2.60. The Bertz CT molecular complexity index is 395. The molecule has 5 nitrogen and oxygen atoms in total. The molecule has 0 aromatic carbocycles. The van der Waals surface area contributed by atoms with Crippen molar-refractivity contribution in [1.29, 1.82) is 0 Å². The highest BCUT2D eigenvalue weighted by Gasteiger charge is 2.26. The zero-order valence-corrected chi connectivity index (χ0v) is 10.8. The first-order valence-electron chi connectivity index (χ1n) is 6.18. The van der Waals surface area contributed by atoms with Crippen LogP contribution in [-0.4, -0.2) is 47.3 Å². The van der Waals surface area contributed by atoms with Gasteiger partial charge in [-0.2, -0.15) is 5.10 Å². The summed E-state index contributed by atoms with van der Waals surface area (Å²) in [5, 5.41) is 7.55. The van der Waals surface area contributed by atoms with E-state index in [1.165, 1.54) is 12.0 Å². The Morgan fingerprint density at radius 2 is 2.47 bits per heavy atom. The lowest BCUT2D eigenvalue weighted by molar-refractivity contribution is 0.488. The highest BCUT2D eigenvalue weighted by Crippen LogP contribution is 2.26. The second-order valence-corrected chi connectivity index (χ2v) is 4.46. The number of nitrogens with one attached hydrogen (secondary N) is 1. The van der Waals surface area contributed by atoms with E-state index < -0.39 is 0 Å². The number of rotatable bonds is 2. The summed E-state index contributed by atoms with van der Waals surface area (Å²) in [7, 11) is 3.81.